The van der Waals surface area contributed by atoms with Crippen molar-refractivity contribution in [3.05, 3.63) is 35.9 Å². The Morgan fingerprint density at radius 2 is 2.07 bits per heavy atom. The molecular formula is C12H16BrN. The average Bonchev–Trinajstić information content (AvgIpc) is 2.92. The molecule has 0 aliphatic carbocycles. The molecular weight excluding hydrogens is 238 g/mol. The first-order valence-electron chi connectivity index (χ1n) is 5.05. The molecule has 14 heavy (non-hydrogen) atoms. The lowest BCUT2D eigenvalue weighted by molar-refractivity contribution is 0.367. The van der Waals surface area contributed by atoms with E-state index in [1.54, 1.807) is 0 Å². The molecule has 1 aliphatic rings. The average molecular weight is 254 g/mol. The van der Waals surface area contributed by atoms with Crippen LogP contribution < -0.4 is 0 Å². The highest BCUT2D eigenvalue weighted by Crippen LogP contribution is 2.41. The highest BCUT2D eigenvalue weighted by molar-refractivity contribution is 9.09. The van der Waals surface area contributed by atoms with Gasteiger partial charge in [-0.2, -0.15) is 0 Å². The van der Waals surface area contributed by atoms with Crippen LogP contribution >= 0.6 is 15.9 Å². The van der Waals surface area contributed by atoms with E-state index in [9.17, 15) is 0 Å². The molecule has 1 aromatic carbocycles. The van der Waals surface area contributed by atoms with Gasteiger partial charge in [0, 0.05) is 23.5 Å². The number of alkyl halides is 1. The van der Waals surface area contributed by atoms with E-state index < -0.39 is 0 Å². The molecule has 0 spiro atoms. The van der Waals surface area contributed by atoms with Crippen LogP contribution in [0.3, 0.4) is 0 Å². The van der Waals surface area contributed by atoms with Crippen molar-refractivity contribution in [2.75, 3.05) is 11.9 Å². The van der Waals surface area contributed by atoms with Crippen LogP contribution in [0.1, 0.15) is 25.5 Å². The van der Waals surface area contributed by atoms with Gasteiger partial charge in [-0.3, -0.25) is 4.90 Å². The van der Waals surface area contributed by atoms with Gasteiger partial charge in [-0.15, -0.1) is 0 Å². The Kier molecular flexibility index (Phi) is 2.67. The fourth-order valence-electron chi connectivity index (χ4n) is 1.97. The highest BCUT2D eigenvalue weighted by Gasteiger charge is 2.49. The summed E-state index contributed by atoms with van der Waals surface area (Å²) in [6, 6.07) is 11.2. The lowest BCUT2D eigenvalue weighted by Crippen LogP contribution is -2.18. The molecule has 76 valence electrons. The summed E-state index contributed by atoms with van der Waals surface area (Å²) in [5.74, 6) is 0. The molecule has 1 saturated heterocycles. The summed E-state index contributed by atoms with van der Waals surface area (Å²) in [5.41, 5.74) is 1.80. The van der Waals surface area contributed by atoms with Gasteiger partial charge < -0.3 is 0 Å². The van der Waals surface area contributed by atoms with E-state index in [0.717, 1.165) is 5.33 Å². The van der Waals surface area contributed by atoms with E-state index in [2.05, 4.69) is 65.0 Å². The number of halogens is 1. The molecule has 3 atom stereocenters. The van der Waals surface area contributed by atoms with Crippen LogP contribution in [-0.2, 0) is 0 Å². The van der Waals surface area contributed by atoms with Gasteiger partial charge in [0.25, 0.3) is 0 Å². The summed E-state index contributed by atoms with van der Waals surface area (Å²) < 4.78 is 0. The van der Waals surface area contributed by atoms with Crippen molar-refractivity contribution >= 4 is 15.9 Å². The van der Waals surface area contributed by atoms with Crippen molar-refractivity contribution in [3.63, 3.8) is 0 Å². The number of benzene rings is 1. The van der Waals surface area contributed by atoms with Crippen LogP contribution in [0, 0.1) is 0 Å². The van der Waals surface area contributed by atoms with Crippen LogP contribution in [-0.4, -0.2) is 22.3 Å². The van der Waals surface area contributed by atoms with Crippen molar-refractivity contribution in [3.8, 4) is 0 Å². The zero-order valence-corrected chi connectivity index (χ0v) is 10.3. The number of hydrogen-bond acceptors (Lipinski definition) is 1. The standard InChI is InChI=1S/C12H16BrN/c1-10(11-6-4-3-5-7-11)14-9-12(14,2)8-13/h3-7,10H,8-9H2,1-2H3/t10-,12-,14?/m0/s1. The van der Waals surface area contributed by atoms with Crippen molar-refractivity contribution < 1.29 is 0 Å². The van der Waals surface area contributed by atoms with Gasteiger partial charge in [-0.25, -0.2) is 0 Å². The molecule has 1 aromatic rings. The number of nitrogens with zero attached hydrogens (tertiary/aromatic N) is 1. The normalized spacial score (nSPS) is 32.6. The van der Waals surface area contributed by atoms with E-state index in [1.165, 1.54) is 12.1 Å². The van der Waals surface area contributed by atoms with Crippen LogP contribution in [0.2, 0.25) is 0 Å². The highest BCUT2D eigenvalue weighted by atomic mass is 79.9. The molecule has 1 nitrogen and oxygen atoms in total. The molecule has 2 rings (SSSR count). The first-order valence-corrected chi connectivity index (χ1v) is 6.17. The number of hydrogen-bond donors (Lipinski definition) is 0. The second kappa shape index (κ2) is 3.67. The minimum atomic E-state index is 0.384. The Morgan fingerprint density at radius 1 is 1.43 bits per heavy atom. The van der Waals surface area contributed by atoms with Gasteiger partial charge in [0.05, 0.1) is 0 Å². The Morgan fingerprint density at radius 3 is 2.57 bits per heavy atom. The lowest BCUT2D eigenvalue weighted by atomic mass is 10.1. The minimum absolute atomic E-state index is 0.384. The molecule has 1 aliphatic heterocycles. The van der Waals surface area contributed by atoms with Gasteiger partial charge in [0.2, 0.25) is 0 Å². The minimum Gasteiger partial charge on any atom is -0.287 e. The second-order valence-electron chi connectivity index (χ2n) is 4.35. The van der Waals surface area contributed by atoms with Crippen molar-refractivity contribution in [1.29, 1.82) is 0 Å². The molecule has 0 saturated carbocycles. The lowest BCUT2D eigenvalue weighted by Gasteiger charge is -2.17. The van der Waals surface area contributed by atoms with Crippen molar-refractivity contribution in [2.24, 2.45) is 0 Å². The van der Waals surface area contributed by atoms with Crippen molar-refractivity contribution in [1.82, 2.24) is 4.90 Å². The Bertz CT molecular complexity index is 311. The summed E-state index contributed by atoms with van der Waals surface area (Å²) in [7, 11) is 0. The van der Waals surface area contributed by atoms with Gasteiger partial charge in [0.1, 0.15) is 0 Å². The summed E-state index contributed by atoms with van der Waals surface area (Å²) in [6.45, 7) is 5.79. The molecule has 0 bridgehead atoms. The summed E-state index contributed by atoms with van der Waals surface area (Å²) in [5, 5.41) is 1.07. The molecule has 2 heteroatoms. The first kappa shape index (κ1) is 10.2. The van der Waals surface area contributed by atoms with E-state index in [4.69, 9.17) is 0 Å². The fourth-order valence-corrected chi connectivity index (χ4v) is 2.47. The third-order valence-corrected chi connectivity index (χ3v) is 4.35. The Balaban J connectivity index is 2.08. The van der Waals surface area contributed by atoms with Crippen LogP contribution in [0.5, 0.6) is 0 Å². The maximum Gasteiger partial charge on any atom is 0.0412 e. The predicted octanol–water partition coefficient (Wildman–Crippen LogP) is 3.22. The largest absolute Gasteiger partial charge is 0.287 e. The van der Waals surface area contributed by atoms with Gasteiger partial charge in [-0.05, 0) is 19.4 Å². The SMILES string of the molecule is C[C@@H](c1ccccc1)N1C[C@]1(C)CBr. The van der Waals surface area contributed by atoms with E-state index >= 15 is 0 Å². The zero-order valence-electron chi connectivity index (χ0n) is 8.70. The van der Waals surface area contributed by atoms with E-state index in [1.807, 2.05) is 0 Å². The Labute approximate surface area is 94.2 Å². The van der Waals surface area contributed by atoms with E-state index in [0.29, 0.717) is 11.6 Å². The van der Waals surface area contributed by atoms with Gasteiger partial charge in [0.15, 0.2) is 0 Å². The van der Waals surface area contributed by atoms with Gasteiger partial charge >= 0.3 is 0 Å². The summed E-state index contributed by atoms with van der Waals surface area (Å²) >= 11 is 3.57. The zero-order chi connectivity index (χ0) is 10.2. The molecule has 1 unspecified atom stereocenters. The van der Waals surface area contributed by atoms with Gasteiger partial charge in [-0.1, -0.05) is 46.3 Å². The summed E-state index contributed by atoms with van der Waals surface area (Å²) in [4.78, 5) is 2.52. The molecule has 0 radical (unpaired) electrons. The van der Waals surface area contributed by atoms with Crippen LogP contribution in [0.15, 0.2) is 30.3 Å². The first-order chi connectivity index (χ1) is 6.67. The monoisotopic (exact) mass is 253 g/mol. The molecule has 0 N–H and O–H groups in total. The molecule has 1 fully saturated rings. The smallest absolute Gasteiger partial charge is 0.0412 e. The third kappa shape index (κ3) is 1.73. The maximum absolute atomic E-state index is 3.57. The predicted molar refractivity (Wildman–Crippen MR) is 63.8 cm³/mol. The topological polar surface area (TPSA) is 3.01 Å². The fraction of sp³-hybridized carbons (Fsp3) is 0.500. The van der Waals surface area contributed by atoms with E-state index in [-0.39, 0.29) is 0 Å². The van der Waals surface area contributed by atoms with Crippen LogP contribution in [0.25, 0.3) is 0 Å². The van der Waals surface area contributed by atoms with Crippen molar-refractivity contribution in [2.45, 2.75) is 25.4 Å². The third-order valence-electron chi connectivity index (χ3n) is 3.14. The Hall–Kier alpha value is -0.340. The molecule has 0 aromatic heterocycles. The quantitative estimate of drug-likeness (QED) is 0.591. The summed E-state index contributed by atoms with van der Waals surface area (Å²) in [6.07, 6.45) is 0. The second-order valence-corrected chi connectivity index (χ2v) is 4.91. The molecule has 0 amide bonds. The maximum atomic E-state index is 3.57. The van der Waals surface area contributed by atoms with Crippen LogP contribution in [0.4, 0.5) is 0 Å². The number of rotatable bonds is 3. The molecule has 1 heterocycles.